The van der Waals surface area contributed by atoms with Gasteiger partial charge in [-0.25, -0.2) is 4.39 Å². The van der Waals surface area contributed by atoms with E-state index in [-0.39, 0.29) is 23.7 Å². The van der Waals surface area contributed by atoms with Crippen molar-refractivity contribution in [1.82, 2.24) is 0 Å². The molecule has 1 aliphatic rings. The predicted octanol–water partition coefficient (Wildman–Crippen LogP) is 3.43. The van der Waals surface area contributed by atoms with Crippen molar-refractivity contribution < 1.29 is 9.18 Å². The molecule has 2 unspecified atom stereocenters. The van der Waals surface area contributed by atoms with Gasteiger partial charge in [-0.1, -0.05) is 12.8 Å². The second kappa shape index (κ2) is 6.48. The number of rotatable bonds is 3. The summed E-state index contributed by atoms with van der Waals surface area (Å²) in [6, 6.07) is 4.67. The lowest BCUT2D eigenvalue weighted by Gasteiger charge is -2.27. The number of halogens is 2. The van der Waals surface area contributed by atoms with E-state index in [1.54, 1.807) is 12.1 Å². The SMILES string of the molecule is NC1CCCCC1CC(=O)Nc1ccc(Br)c(F)c1. The zero-order valence-electron chi connectivity index (χ0n) is 10.7. The number of anilines is 1. The average molecular weight is 329 g/mol. The summed E-state index contributed by atoms with van der Waals surface area (Å²) < 4.78 is 13.7. The fourth-order valence-corrected chi connectivity index (χ4v) is 2.76. The molecule has 104 valence electrons. The van der Waals surface area contributed by atoms with Gasteiger partial charge >= 0.3 is 0 Å². The number of carbonyl (C=O) groups excluding carboxylic acids is 1. The summed E-state index contributed by atoms with van der Waals surface area (Å²) >= 11 is 3.08. The molecule has 2 rings (SSSR count). The van der Waals surface area contributed by atoms with E-state index in [1.807, 2.05) is 0 Å². The van der Waals surface area contributed by atoms with Crippen LogP contribution in [-0.2, 0) is 4.79 Å². The summed E-state index contributed by atoms with van der Waals surface area (Å²) in [6.45, 7) is 0. The van der Waals surface area contributed by atoms with E-state index < -0.39 is 0 Å². The lowest BCUT2D eigenvalue weighted by Crippen LogP contribution is -2.35. The first kappa shape index (κ1) is 14.5. The number of nitrogens with one attached hydrogen (secondary N) is 1. The Morgan fingerprint density at radius 3 is 2.84 bits per heavy atom. The third-order valence-electron chi connectivity index (χ3n) is 3.62. The summed E-state index contributed by atoms with van der Waals surface area (Å²) in [5.74, 6) is -0.231. The van der Waals surface area contributed by atoms with Crippen molar-refractivity contribution in [2.45, 2.75) is 38.1 Å². The van der Waals surface area contributed by atoms with E-state index in [1.165, 1.54) is 6.07 Å². The van der Waals surface area contributed by atoms with Crippen LogP contribution in [0.4, 0.5) is 10.1 Å². The van der Waals surface area contributed by atoms with Gasteiger partial charge in [0.25, 0.3) is 0 Å². The van der Waals surface area contributed by atoms with Crippen LogP contribution in [0.3, 0.4) is 0 Å². The summed E-state index contributed by atoms with van der Waals surface area (Å²) in [5.41, 5.74) is 6.50. The zero-order chi connectivity index (χ0) is 13.8. The summed E-state index contributed by atoms with van der Waals surface area (Å²) in [5, 5.41) is 2.72. The topological polar surface area (TPSA) is 55.1 Å². The first-order chi connectivity index (χ1) is 9.06. The number of hydrogen-bond donors (Lipinski definition) is 2. The van der Waals surface area contributed by atoms with E-state index in [0.717, 1.165) is 25.7 Å². The molecule has 0 saturated heterocycles. The molecule has 5 heteroatoms. The van der Waals surface area contributed by atoms with Crippen molar-refractivity contribution in [3.8, 4) is 0 Å². The smallest absolute Gasteiger partial charge is 0.224 e. The van der Waals surface area contributed by atoms with E-state index in [0.29, 0.717) is 16.6 Å². The Morgan fingerprint density at radius 2 is 2.16 bits per heavy atom. The van der Waals surface area contributed by atoms with Gasteiger partial charge in [-0.05, 0) is 52.9 Å². The molecule has 0 radical (unpaired) electrons. The number of carbonyl (C=O) groups is 1. The molecular weight excluding hydrogens is 311 g/mol. The highest BCUT2D eigenvalue weighted by molar-refractivity contribution is 9.10. The molecule has 19 heavy (non-hydrogen) atoms. The minimum atomic E-state index is -0.382. The fourth-order valence-electron chi connectivity index (χ4n) is 2.51. The van der Waals surface area contributed by atoms with E-state index in [9.17, 15) is 9.18 Å². The first-order valence-electron chi connectivity index (χ1n) is 6.57. The Bertz CT molecular complexity index is 467. The predicted molar refractivity (Wildman–Crippen MR) is 77.3 cm³/mol. The van der Waals surface area contributed by atoms with E-state index in [4.69, 9.17) is 5.73 Å². The van der Waals surface area contributed by atoms with Gasteiger partial charge in [0, 0.05) is 18.2 Å². The van der Waals surface area contributed by atoms with Crippen LogP contribution in [0, 0.1) is 11.7 Å². The highest BCUT2D eigenvalue weighted by Gasteiger charge is 2.24. The van der Waals surface area contributed by atoms with Crippen LogP contribution < -0.4 is 11.1 Å². The lowest BCUT2D eigenvalue weighted by atomic mass is 9.83. The van der Waals surface area contributed by atoms with Crippen molar-refractivity contribution in [2.75, 3.05) is 5.32 Å². The lowest BCUT2D eigenvalue weighted by molar-refractivity contribution is -0.117. The molecule has 1 fully saturated rings. The van der Waals surface area contributed by atoms with Gasteiger partial charge in [-0.2, -0.15) is 0 Å². The second-order valence-electron chi connectivity index (χ2n) is 5.09. The van der Waals surface area contributed by atoms with Crippen molar-refractivity contribution in [2.24, 2.45) is 11.7 Å². The minimum absolute atomic E-state index is 0.0935. The van der Waals surface area contributed by atoms with Crippen LogP contribution in [-0.4, -0.2) is 11.9 Å². The molecule has 0 aliphatic heterocycles. The molecule has 0 spiro atoms. The van der Waals surface area contributed by atoms with Gasteiger partial charge < -0.3 is 11.1 Å². The highest BCUT2D eigenvalue weighted by Crippen LogP contribution is 2.26. The van der Waals surface area contributed by atoms with E-state index in [2.05, 4.69) is 21.2 Å². The van der Waals surface area contributed by atoms with Crippen molar-refractivity contribution in [1.29, 1.82) is 0 Å². The maximum Gasteiger partial charge on any atom is 0.224 e. The number of nitrogens with two attached hydrogens (primary N) is 1. The van der Waals surface area contributed by atoms with Crippen molar-refractivity contribution in [3.05, 3.63) is 28.5 Å². The molecular formula is C14H18BrFN2O. The van der Waals surface area contributed by atoms with Crippen LogP contribution in [0.25, 0.3) is 0 Å². The van der Waals surface area contributed by atoms with Crippen LogP contribution >= 0.6 is 15.9 Å². The Hall–Kier alpha value is -0.940. The first-order valence-corrected chi connectivity index (χ1v) is 7.36. The molecule has 1 aromatic rings. The van der Waals surface area contributed by atoms with Crippen molar-refractivity contribution >= 4 is 27.5 Å². The van der Waals surface area contributed by atoms with E-state index >= 15 is 0 Å². The van der Waals surface area contributed by atoms with Gasteiger partial charge in [-0.15, -0.1) is 0 Å². The van der Waals surface area contributed by atoms with Crippen molar-refractivity contribution in [3.63, 3.8) is 0 Å². The van der Waals surface area contributed by atoms with Gasteiger partial charge in [0.1, 0.15) is 5.82 Å². The molecule has 2 atom stereocenters. The molecule has 0 heterocycles. The molecule has 1 amide bonds. The molecule has 3 N–H and O–H groups in total. The van der Waals surface area contributed by atoms with Crippen LogP contribution in [0.15, 0.2) is 22.7 Å². The third-order valence-corrected chi connectivity index (χ3v) is 4.26. The Kier molecular flexibility index (Phi) is 4.93. The number of hydrogen-bond acceptors (Lipinski definition) is 2. The summed E-state index contributed by atoms with van der Waals surface area (Å²) in [7, 11) is 0. The molecule has 1 saturated carbocycles. The monoisotopic (exact) mass is 328 g/mol. The fraction of sp³-hybridized carbons (Fsp3) is 0.500. The standard InChI is InChI=1S/C14H18BrFN2O/c15-11-6-5-10(8-12(11)16)18-14(19)7-9-3-1-2-4-13(9)17/h5-6,8-9,13H,1-4,7,17H2,(H,18,19). The van der Waals surface area contributed by atoms with Gasteiger partial charge in [-0.3, -0.25) is 4.79 Å². The quantitative estimate of drug-likeness (QED) is 0.893. The van der Waals surface area contributed by atoms with Gasteiger partial charge in [0.15, 0.2) is 0 Å². The molecule has 0 aromatic heterocycles. The minimum Gasteiger partial charge on any atom is -0.327 e. The summed E-state index contributed by atoms with van der Waals surface area (Å²) in [6.07, 6.45) is 4.70. The Morgan fingerprint density at radius 1 is 1.42 bits per heavy atom. The van der Waals surface area contributed by atoms with Crippen LogP contribution in [0.5, 0.6) is 0 Å². The number of benzene rings is 1. The molecule has 1 aliphatic carbocycles. The molecule has 1 aromatic carbocycles. The number of amides is 1. The highest BCUT2D eigenvalue weighted by atomic mass is 79.9. The largest absolute Gasteiger partial charge is 0.327 e. The van der Waals surface area contributed by atoms with Gasteiger partial charge in [0.2, 0.25) is 5.91 Å². The summed E-state index contributed by atoms with van der Waals surface area (Å²) in [4.78, 5) is 11.9. The van der Waals surface area contributed by atoms with Gasteiger partial charge in [0.05, 0.1) is 4.47 Å². The molecule has 0 bridgehead atoms. The Labute approximate surface area is 120 Å². The maximum atomic E-state index is 13.3. The van der Waals surface area contributed by atoms with Crippen LogP contribution in [0.1, 0.15) is 32.1 Å². The second-order valence-corrected chi connectivity index (χ2v) is 5.94. The average Bonchev–Trinajstić information content (AvgIpc) is 2.37. The third kappa shape index (κ3) is 4.01. The Balaban J connectivity index is 1.91. The maximum absolute atomic E-state index is 13.3. The normalized spacial score (nSPS) is 23.1. The molecule has 3 nitrogen and oxygen atoms in total. The zero-order valence-corrected chi connectivity index (χ0v) is 12.2. The van der Waals surface area contributed by atoms with Crippen LogP contribution in [0.2, 0.25) is 0 Å².